The molecule has 0 radical (unpaired) electrons. The Bertz CT molecular complexity index is 962. The molecule has 0 aliphatic carbocycles. The minimum absolute atomic E-state index is 0.0566. The maximum Gasteiger partial charge on any atom is 0.290 e. The Labute approximate surface area is 162 Å². The average Bonchev–Trinajstić information content (AvgIpc) is 2.69. The molecule has 142 valence electrons. The fraction of sp³-hybridized carbons (Fsp3) is 0.143. The standard InChI is InChI=1S/C21H20N4O3/c1-15-19(25(27)28)12-13-20(22-15)24-18(14-16-8-4-2-5-9-16)21(26)23-17-10-6-3-7-11-17/h2-13,18H,14H2,1H3,(H,22,24)(H,23,26)/t18-/m1/s1. The molecule has 2 aromatic carbocycles. The molecule has 0 aliphatic rings. The van der Waals surface area contributed by atoms with Gasteiger partial charge >= 0.3 is 0 Å². The molecule has 1 amide bonds. The first kappa shape index (κ1) is 19.0. The summed E-state index contributed by atoms with van der Waals surface area (Å²) in [5, 5.41) is 17.0. The molecule has 3 rings (SSSR count). The van der Waals surface area contributed by atoms with E-state index in [-0.39, 0.29) is 17.3 Å². The van der Waals surface area contributed by atoms with Crippen molar-refractivity contribution in [2.24, 2.45) is 0 Å². The van der Waals surface area contributed by atoms with Crippen molar-refractivity contribution in [3.8, 4) is 0 Å². The maximum absolute atomic E-state index is 12.9. The predicted octanol–water partition coefficient (Wildman–Crippen LogP) is 3.96. The van der Waals surface area contributed by atoms with Gasteiger partial charge in [0.25, 0.3) is 5.69 Å². The van der Waals surface area contributed by atoms with Gasteiger partial charge < -0.3 is 10.6 Å². The fourth-order valence-electron chi connectivity index (χ4n) is 2.82. The van der Waals surface area contributed by atoms with Crippen LogP contribution < -0.4 is 10.6 Å². The second-order valence-electron chi connectivity index (χ2n) is 6.30. The second kappa shape index (κ2) is 8.77. The molecular formula is C21H20N4O3. The van der Waals surface area contributed by atoms with Crippen LogP contribution in [0.1, 0.15) is 11.3 Å². The molecule has 3 aromatic rings. The van der Waals surface area contributed by atoms with E-state index in [2.05, 4.69) is 15.6 Å². The highest BCUT2D eigenvalue weighted by atomic mass is 16.6. The van der Waals surface area contributed by atoms with Gasteiger partial charge in [0.05, 0.1) is 4.92 Å². The van der Waals surface area contributed by atoms with E-state index in [4.69, 9.17) is 0 Å². The summed E-state index contributed by atoms with van der Waals surface area (Å²) >= 11 is 0. The van der Waals surface area contributed by atoms with Gasteiger partial charge in [0.2, 0.25) is 5.91 Å². The van der Waals surface area contributed by atoms with Crippen molar-refractivity contribution in [1.82, 2.24) is 4.98 Å². The third-order valence-corrected chi connectivity index (χ3v) is 4.22. The van der Waals surface area contributed by atoms with E-state index >= 15 is 0 Å². The van der Waals surface area contributed by atoms with Crippen LogP contribution in [0.15, 0.2) is 72.8 Å². The Kier molecular flexibility index (Phi) is 5.96. The van der Waals surface area contributed by atoms with Gasteiger partial charge in [-0.15, -0.1) is 0 Å². The normalized spacial score (nSPS) is 11.5. The number of carbonyl (C=O) groups excluding carboxylic acids is 1. The summed E-state index contributed by atoms with van der Waals surface area (Å²) in [6, 6.07) is 21.1. The lowest BCUT2D eigenvalue weighted by Crippen LogP contribution is -2.36. The van der Waals surface area contributed by atoms with E-state index in [9.17, 15) is 14.9 Å². The molecule has 0 fully saturated rings. The summed E-state index contributed by atoms with van der Waals surface area (Å²) in [6.45, 7) is 1.57. The zero-order chi connectivity index (χ0) is 19.9. The summed E-state index contributed by atoms with van der Waals surface area (Å²) in [5.74, 6) is 0.195. The second-order valence-corrected chi connectivity index (χ2v) is 6.30. The van der Waals surface area contributed by atoms with Crippen molar-refractivity contribution < 1.29 is 9.72 Å². The first-order valence-electron chi connectivity index (χ1n) is 8.81. The molecule has 1 atom stereocenters. The lowest BCUT2D eigenvalue weighted by atomic mass is 10.0. The minimum atomic E-state index is -0.601. The lowest BCUT2D eigenvalue weighted by Gasteiger charge is -2.19. The maximum atomic E-state index is 12.9. The molecule has 0 saturated carbocycles. The number of aryl methyl sites for hydroxylation is 1. The summed E-state index contributed by atoms with van der Waals surface area (Å²) in [6.07, 6.45) is 0.442. The van der Waals surface area contributed by atoms with Crippen molar-refractivity contribution >= 4 is 23.1 Å². The molecular weight excluding hydrogens is 356 g/mol. The summed E-state index contributed by atoms with van der Waals surface area (Å²) in [7, 11) is 0. The van der Waals surface area contributed by atoms with Gasteiger partial charge in [0, 0.05) is 18.2 Å². The van der Waals surface area contributed by atoms with Crippen LogP contribution in [0.4, 0.5) is 17.2 Å². The zero-order valence-corrected chi connectivity index (χ0v) is 15.3. The Hall–Kier alpha value is -3.74. The molecule has 0 saturated heterocycles. The van der Waals surface area contributed by atoms with Gasteiger partial charge in [-0.1, -0.05) is 48.5 Å². The van der Waals surface area contributed by atoms with Crippen LogP contribution in [0.3, 0.4) is 0 Å². The number of nitro groups is 1. The zero-order valence-electron chi connectivity index (χ0n) is 15.3. The molecule has 2 N–H and O–H groups in total. The Morgan fingerprint density at radius 1 is 1.04 bits per heavy atom. The van der Waals surface area contributed by atoms with Gasteiger partial charge in [-0.05, 0) is 30.7 Å². The average molecular weight is 376 g/mol. The monoisotopic (exact) mass is 376 g/mol. The molecule has 1 aromatic heterocycles. The number of pyridine rings is 1. The first-order chi connectivity index (χ1) is 13.5. The number of benzene rings is 2. The largest absolute Gasteiger partial charge is 0.358 e. The minimum Gasteiger partial charge on any atom is -0.358 e. The van der Waals surface area contributed by atoms with Crippen LogP contribution in [0.2, 0.25) is 0 Å². The Morgan fingerprint density at radius 2 is 1.68 bits per heavy atom. The SMILES string of the molecule is Cc1nc(N[C@H](Cc2ccccc2)C(=O)Nc2ccccc2)ccc1[N+](=O)[O-]. The van der Waals surface area contributed by atoms with Gasteiger partial charge in [-0.2, -0.15) is 0 Å². The number of aromatic nitrogens is 1. The number of amides is 1. The molecule has 28 heavy (non-hydrogen) atoms. The molecule has 7 heteroatoms. The highest BCUT2D eigenvalue weighted by molar-refractivity contribution is 5.96. The molecule has 0 bridgehead atoms. The van der Waals surface area contributed by atoms with E-state index in [1.54, 1.807) is 6.92 Å². The summed E-state index contributed by atoms with van der Waals surface area (Å²) < 4.78 is 0. The number of nitrogens with one attached hydrogen (secondary N) is 2. The van der Waals surface area contributed by atoms with Gasteiger partial charge in [-0.3, -0.25) is 14.9 Å². The number of hydrogen-bond acceptors (Lipinski definition) is 5. The fourth-order valence-corrected chi connectivity index (χ4v) is 2.82. The smallest absolute Gasteiger partial charge is 0.290 e. The van der Waals surface area contributed by atoms with E-state index in [1.807, 2.05) is 60.7 Å². The third kappa shape index (κ3) is 4.91. The molecule has 1 heterocycles. The Balaban J connectivity index is 1.82. The number of nitrogens with zero attached hydrogens (tertiary/aromatic N) is 2. The van der Waals surface area contributed by atoms with Crippen LogP contribution in [-0.2, 0) is 11.2 Å². The van der Waals surface area contributed by atoms with Crippen molar-refractivity contribution in [2.75, 3.05) is 10.6 Å². The first-order valence-corrected chi connectivity index (χ1v) is 8.81. The van der Waals surface area contributed by atoms with Crippen molar-refractivity contribution in [3.63, 3.8) is 0 Å². The number of anilines is 2. The van der Waals surface area contributed by atoms with Crippen LogP contribution >= 0.6 is 0 Å². The third-order valence-electron chi connectivity index (χ3n) is 4.22. The number of carbonyl (C=O) groups is 1. The van der Waals surface area contributed by atoms with Crippen LogP contribution in [0.5, 0.6) is 0 Å². The van der Waals surface area contributed by atoms with Crippen molar-refractivity contribution in [3.05, 3.63) is 94.2 Å². The Morgan fingerprint density at radius 3 is 2.29 bits per heavy atom. The predicted molar refractivity (Wildman–Crippen MR) is 108 cm³/mol. The number of rotatable bonds is 7. The van der Waals surface area contributed by atoms with E-state index < -0.39 is 11.0 Å². The molecule has 0 aliphatic heterocycles. The highest BCUT2D eigenvalue weighted by Gasteiger charge is 2.21. The molecule has 0 unspecified atom stereocenters. The van der Waals surface area contributed by atoms with E-state index in [0.29, 0.717) is 17.9 Å². The van der Waals surface area contributed by atoms with Crippen molar-refractivity contribution in [1.29, 1.82) is 0 Å². The van der Waals surface area contributed by atoms with E-state index in [0.717, 1.165) is 5.56 Å². The van der Waals surface area contributed by atoms with Crippen LogP contribution in [0, 0.1) is 17.0 Å². The van der Waals surface area contributed by atoms with Crippen LogP contribution in [0.25, 0.3) is 0 Å². The quantitative estimate of drug-likeness (QED) is 0.480. The van der Waals surface area contributed by atoms with Gasteiger partial charge in [-0.25, -0.2) is 4.98 Å². The number of para-hydroxylation sites is 1. The highest BCUT2D eigenvalue weighted by Crippen LogP contribution is 2.19. The molecule has 0 spiro atoms. The van der Waals surface area contributed by atoms with Crippen molar-refractivity contribution in [2.45, 2.75) is 19.4 Å². The molecule has 7 nitrogen and oxygen atoms in total. The van der Waals surface area contributed by atoms with Gasteiger partial charge in [0.1, 0.15) is 17.6 Å². The van der Waals surface area contributed by atoms with E-state index in [1.165, 1.54) is 12.1 Å². The summed E-state index contributed by atoms with van der Waals surface area (Å²) in [4.78, 5) is 27.6. The summed E-state index contributed by atoms with van der Waals surface area (Å²) in [5.41, 5.74) is 1.91. The van der Waals surface area contributed by atoms with Gasteiger partial charge in [0.15, 0.2) is 0 Å². The van der Waals surface area contributed by atoms with Crippen LogP contribution in [-0.4, -0.2) is 21.9 Å². The topological polar surface area (TPSA) is 97.2 Å². The lowest BCUT2D eigenvalue weighted by molar-refractivity contribution is -0.385. The number of hydrogen-bond donors (Lipinski definition) is 2.